The van der Waals surface area contributed by atoms with Crippen molar-refractivity contribution in [1.82, 2.24) is 24.5 Å². The monoisotopic (exact) mass is 714 g/mol. The lowest BCUT2D eigenvalue weighted by atomic mass is 9.94. The number of halogens is 4. The number of amides is 3. The van der Waals surface area contributed by atoms with Gasteiger partial charge in [-0.25, -0.2) is 4.68 Å². The van der Waals surface area contributed by atoms with Crippen molar-refractivity contribution < 1.29 is 32.3 Å². The molecule has 0 N–H and O–H groups in total. The Kier molecular flexibility index (Phi) is 10.5. The minimum absolute atomic E-state index is 0.0206. The molecule has 14 heteroatoms. The van der Waals surface area contributed by atoms with Crippen LogP contribution in [-0.2, 0) is 15.8 Å². The molecular weight excluding hydrogens is 673 g/mol. The molecule has 3 fully saturated rings. The van der Waals surface area contributed by atoms with Crippen LogP contribution in [0.15, 0.2) is 48.7 Å². The van der Waals surface area contributed by atoms with Crippen molar-refractivity contribution in [1.29, 1.82) is 0 Å². The molecule has 3 aromatic rings. The van der Waals surface area contributed by atoms with Crippen LogP contribution in [0.3, 0.4) is 0 Å². The van der Waals surface area contributed by atoms with E-state index in [4.69, 9.17) is 16.3 Å². The van der Waals surface area contributed by atoms with Gasteiger partial charge in [-0.3, -0.25) is 14.4 Å². The second kappa shape index (κ2) is 14.6. The Morgan fingerprint density at radius 2 is 1.68 bits per heavy atom. The summed E-state index contributed by atoms with van der Waals surface area (Å²) < 4.78 is 49.2. The van der Waals surface area contributed by atoms with Crippen molar-refractivity contribution in [2.45, 2.75) is 39.3 Å². The molecule has 3 amide bonds. The van der Waals surface area contributed by atoms with E-state index >= 15 is 0 Å². The molecule has 0 saturated carbocycles. The molecule has 10 nitrogen and oxygen atoms in total. The third kappa shape index (κ3) is 7.34. The molecular formula is C36H42ClF3N6O4. The molecule has 3 aliphatic heterocycles. The molecule has 50 heavy (non-hydrogen) atoms. The molecule has 2 aromatic carbocycles. The van der Waals surface area contributed by atoms with Crippen LogP contribution in [0.5, 0.6) is 5.75 Å². The number of nitrogens with zero attached hydrogens (tertiary/aromatic N) is 6. The van der Waals surface area contributed by atoms with Gasteiger partial charge in [-0.05, 0) is 74.4 Å². The van der Waals surface area contributed by atoms with Crippen LogP contribution in [0.4, 0.5) is 18.9 Å². The maximum absolute atomic E-state index is 14.4. The van der Waals surface area contributed by atoms with Crippen molar-refractivity contribution in [3.63, 3.8) is 0 Å². The van der Waals surface area contributed by atoms with E-state index in [9.17, 15) is 27.6 Å². The Morgan fingerprint density at radius 3 is 2.30 bits per heavy atom. The number of hydrogen-bond acceptors (Lipinski definition) is 6. The Morgan fingerprint density at radius 1 is 1.00 bits per heavy atom. The first kappa shape index (κ1) is 35.7. The summed E-state index contributed by atoms with van der Waals surface area (Å²) in [5, 5.41) is 4.57. The van der Waals surface area contributed by atoms with Gasteiger partial charge in [-0.2, -0.15) is 18.3 Å². The molecule has 6 rings (SSSR count). The zero-order valence-corrected chi connectivity index (χ0v) is 29.2. The van der Waals surface area contributed by atoms with Gasteiger partial charge in [0.15, 0.2) is 5.69 Å². The molecule has 268 valence electrons. The molecule has 2 atom stereocenters. The van der Waals surface area contributed by atoms with Gasteiger partial charge in [0, 0.05) is 69.4 Å². The van der Waals surface area contributed by atoms with Gasteiger partial charge in [0.2, 0.25) is 11.8 Å². The number of anilines is 1. The highest BCUT2D eigenvalue weighted by Crippen LogP contribution is 2.38. The smallest absolute Gasteiger partial charge is 0.434 e. The molecule has 4 heterocycles. The first-order valence-corrected chi connectivity index (χ1v) is 17.4. The number of piperidine rings is 1. The quantitative estimate of drug-likeness (QED) is 0.289. The van der Waals surface area contributed by atoms with Crippen LogP contribution in [0.25, 0.3) is 5.69 Å². The van der Waals surface area contributed by atoms with Gasteiger partial charge in [0.25, 0.3) is 5.91 Å². The molecule has 3 saturated heterocycles. The van der Waals surface area contributed by atoms with Crippen LogP contribution in [0.1, 0.15) is 47.8 Å². The number of likely N-dealkylation sites (tertiary alicyclic amines) is 3. The van der Waals surface area contributed by atoms with Gasteiger partial charge < -0.3 is 24.3 Å². The van der Waals surface area contributed by atoms with Gasteiger partial charge in [0.1, 0.15) is 11.4 Å². The number of ether oxygens (including phenoxy) is 1. The Hall–Kier alpha value is -4.10. The maximum Gasteiger partial charge on any atom is 0.434 e. The SMILES string of the molecule is COc1ccccc1-n1ncc(C(=O)N2CC3CN(CCCN(C(=O)C4CCN(C(C)=O)CC4)c4ccc(C)c(Cl)c4)CC3C2)c1C(F)(F)F. The number of fused-ring (bicyclic) bond motifs is 1. The summed E-state index contributed by atoms with van der Waals surface area (Å²) in [7, 11) is 1.37. The fourth-order valence-electron chi connectivity index (χ4n) is 7.60. The summed E-state index contributed by atoms with van der Waals surface area (Å²) in [4.78, 5) is 46.6. The highest BCUT2D eigenvalue weighted by Gasteiger charge is 2.46. The highest BCUT2D eigenvalue weighted by molar-refractivity contribution is 6.31. The van der Waals surface area contributed by atoms with Crippen LogP contribution in [0.2, 0.25) is 5.02 Å². The summed E-state index contributed by atoms with van der Waals surface area (Å²) in [5.41, 5.74) is 0.171. The summed E-state index contributed by atoms with van der Waals surface area (Å²) in [5.74, 6) is -0.323. The van der Waals surface area contributed by atoms with Gasteiger partial charge in [-0.15, -0.1) is 0 Å². The zero-order valence-electron chi connectivity index (χ0n) is 28.5. The van der Waals surface area contributed by atoms with E-state index in [-0.39, 0.29) is 41.0 Å². The van der Waals surface area contributed by atoms with E-state index in [2.05, 4.69) is 10.00 Å². The maximum atomic E-state index is 14.4. The molecule has 0 radical (unpaired) electrons. The summed E-state index contributed by atoms with van der Waals surface area (Å²) in [6.07, 6.45) is -1.88. The minimum Gasteiger partial charge on any atom is -0.494 e. The molecule has 0 spiro atoms. The fraction of sp³-hybridized carbons (Fsp3) is 0.500. The third-order valence-corrected chi connectivity index (χ3v) is 10.7. The predicted molar refractivity (Wildman–Crippen MR) is 183 cm³/mol. The second-order valence-corrected chi connectivity index (χ2v) is 13.9. The third-order valence-electron chi connectivity index (χ3n) is 10.3. The first-order valence-electron chi connectivity index (χ1n) is 17.0. The van der Waals surface area contributed by atoms with E-state index in [1.165, 1.54) is 18.1 Å². The van der Waals surface area contributed by atoms with Crippen molar-refractivity contribution in [3.05, 3.63) is 70.5 Å². The highest BCUT2D eigenvalue weighted by atomic mass is 35.5. The number of hydrogen-bond donors (Lipinski definition) is 0. The molecule has 3 aliphatic rings. The van der Waals surface area contributed by atoms with E-state index in [0.29, 0.717) is 57.0 Å². The lowest BCUT2D eigenvalue weighted by Gasteiger charge is -2.34. The first-order chi connectivity index (χ1) is 23.8. The minimum atomic E-state index is -4.82. The number of benzene rings is 2. The topological polar surface area (TPSA) is 91.2 Å². The lowest BCUT2D eigenvalue weighted by molar-refractivity contribution is -0.143. The second-order valence-electron chi connectivity index (χ2n) is 13.5. The average molecular weight is 715 g/mol. The Balaban J connectivity index is 1.08. The van der Waals surface area contributed by atoms with E-state index < -0.39 is 23.3 Å². The molecule has 0 bridgehead atoms. The van der Waals surface area contributed by atoms with Crippen molar-refractivity contribution >= 4 is 35.0 Å². The summed E-state index contributed by atoms with van der Waals surface area (Å²) in [6, 6.07) is 11.9. The number of carbonyl (C=O) groups is 3. The van der Waals surface area contributed by atoms with E-state index in [1.807, 2.05) is 30.0 Å². The number of aryl methyl sites for hydroxylation is 1. The number of methoxy groups -OCH3 is 1. The van der Waals surface area contributed by atoms with Crippen LogP contribution < -0.4 is 9.64 Å². The van der Waals surface area contributed by atoms with Gasteiger partial charge >= 0.3 is 6.18 Å². The van der Waals surface area contributed by atoms with Crippen LogP contribution in [0, 0.1) is 24.7 Å². The van der Waals surface area contributed by atoms with Crippen LogP contribution >= 0.6 is 11.6 Å². The molecule has 2 unspecified atom stereocenters. The van der Waals surface area contributed by atoms with Crippen LogP contribution in [-0.4, -0.2) is 102 Å². The Labute approximate surface area is 294 Å². The summed E-state index contributed by atoms with van der Waals surface area (Å²) >= 11 is 6.46. The Bertz CT molecular complexity index is 1730. The lowest BCUT2D eigenvalue weighted by Crippen LogP contribution is -2.44. The fourth-order valence-corrected chi connectivity index (χ4v) is 7.78. The number of rotatable bonds is 9. The zero-order chi connectivity index (χ0) is 35.7. The van der Waals surface area contributed by atoms with Crippen molar-refractivity contribution in [2.75, 3.05) is 64.4 Å². The van der Waals surface area contributed by atoms with Gasteiger partial charge in [0.05, 0.1) is 18.9 Å². The number of carbonyl (C=O) groups excluding carboxylic acids is 3. The van der Waals surface area contributed by atoms with Gasteiger partial charge in [-0.1, -0.05) is 29.8 Å². The van der Waals surface area contributed by atoms with E-state index in [0.717, 1.165) is 41.8 Å². The number of alkyl halides is 3. The van der Waals surface area contributed by atoms with Crippen molar-refractivity contribution in [3.8, 4) is 11.4 Å². The number of aromatic nitrogens is 2. The van der Waals surface area contributed by atoms with E-state index in [1.54, 1.807) is 30.0 Å². The largest absolute Gasteiger partial charge is 0.494 e. The average Bonchev–Trinajstić information content (AvgIpc) is 3.82. The molecule has 0 aliphatic carbocycles. The van der Waals surface area contributed by atoms with Crippen molar-refractivity contribution in [2.24, 2.45) is 17.8 Å². The summed E-state index contributed by atoms with van der Waals surface area (Å²) in [6.45, 7) is 7.98. The predicted octanol–water partition coefficient (Wildman–Crippen LogP) is 5.55. The molecule has 1 aromatic heterocycles. The standard InChI is InChI=1S/C36H42ClF3N6O4/c1-23-9-10-28(17-30(23)37)45(34(48)25-11-15-43(16-12-25)24(2)47)14-6-13-42-19-26-21-44(22-27(26)20-42)35(49)29-18-41-46(33(29)36(38,39)40)31-7-4-5-8-32(31)50-3/h4-5,7-10,17-18,25-27H,6,11-16,19-22H2,1-3H3. The number of para-hydroxylation sites is 2. The normalized spacial score (nSPS) is 19.9.